The summed E-state index contributed by atoms with van der Waals surface area (Å²) >= 11 is 6.22. The van der Waals surface area contributed by atoms with Gasteiger partial charge in [-0.1, -0.05) is 35.9 Å². The molecule has 0 saturated carbocycles. The molecule has 0 aliphatic carbocycles. The fourth-order valence-corrected chi connectivity index (χ4v) is 2.92. The number of nitrogens with zero attached hydrogens (tertiary/aromatic N) is 3. The highest BCUT2D eigenvalue weighted by Crippen LogP contribution is 2.23. The van der Waals surface area contributed by atoms with Crippen LogP contribution in [0, 0.1) is 18.6 Å². The Morgan fingerprint density at radius 1 is 1.19 bits per heavy atom. The first-order chi connectivity index (χ1) is 12.4. The lowest BCUT2D eigenvalue weighted by atomic mass is 10.1. The number of aromatic nitrogens is 2. The Balaban J connectivity index is 1.97. The molecule has 0 saturated heterocycles. The van der Waals surface area contributed by atoms with E-state index in [2.05, 4.69) is 5.10 Å². The second kappa shape index (κ2) is 7.25. The van der Waals surface area contributed by atoms with Gasteiger partial charge >= 0.3 is 0 Å². The molecule has 3 aromatic rings. The van der Waals surface area contributed by atoms with E-state index in [1.54, 1.807) is 11.9 Å². The number of anilines is 1. The second-order valence-corrected chi connectivity index (χ2v) is 6.32. The molecule has 0 unspecified atom stereocenters. The topological polar surface area (TPSA) is 38.1 Å². The van der Waals surface area contributed by atoms with Crippen LogP contribution in [0.25, 0.3) is 5.69 Å². The molecule has 0 atom stereocenters. The lowest BCUT2D eigenvalue weighted by molar-refractivity contribution is 0.570. The molecule has 26 heavy (non-hydrogen) atoms. The van der Waals surface area contributed by atoms with Crippen molar-refractivity contribution in [1.82, 2.24) is 9.78 Å². The predicted molar refractivity (Wildman–Crippen MR) is 98.0 cm³/mol. The SMILES string of the molecule is Cc1ccccc1CN(C)c1cnn(-c2ccc(F)cc2F)c(=O)c1Cl. The van der Waals surface area contributed by atoms with Gasteiger partial charge in [0.1, 0.15) is 16.5 Å². The van der Waals surface area contributed by atoms with E-state index >= 15 is 0 Å². The van der Waals surface area contributed by atoms with Gasteiger partial charge in [-0.25, -0.2) is 8.78 Å². The maximum Gasteiger partial charge on any atom is 0.292 e. The zero-order chi connectivity index (χ0) is 18.8. The molecule has 0 bridgehead atoms. The molecule has 0 N–H and O–H groups in total. The molecular formula is C19H16ClF2N3O. The fraction of sp³-hybridized carbons (Fsp3) is 0.158. The average molecular weight is 376 g/mol. The summed E-state index contributed by atoms with van der Waals surface area (Å²) in [4.78, 5) is 14.3. The molecule has 7 heteroatoms. The average Bonchev–Trinajstić information content (AvgIpc) is 2.60. The molecule has 0 aliphatic rings. The van der Waals surface area contributed by atoms with E-state index in [1.807, 2.05) is 31.2 Å². The Labute approximate surface area is 154 Å². The van der Waals surface area contributed by atoms with Gasteiger partial charge < -0.3 is 4.90 Å². The van der Waals surface area contributed by atoms with Crippen LogP contribution in [0.15, 0.2) is 53.5 Å². The molecule has 0 amide bonds. The standard InChI is InChI=1S/C19H16ClF2N3O/c1-12-5-3-4-6-13(12)11-24(2)17-10-23-25(19(26)18(17)20)16-8-7-14(21)9-15(16)22/h3-10H,11H2,1-2H3. The van der Waals surface area contributed by atoms with Crippen molar-refractivity contribution in [3.8, 4) is 5.69 Å². The Hall–Kier alpha value is -2.73. The molecule has 1 heterocycles. The van der Waals surface area contributed by atoms with Crippen molar-refractivity contribution in [2.45, 2.75) is 13.5 Å². The highest BCUT2D eigenvalue weighted by molar-refractivity contribution is 6.33. The number of hydrogen-bond donors (Lipinski definition) is 0. The first-order valence-corrected chi connectivity index (χ1v) is 8.25. The molecule has 4 nitrogen and oxygen atoms in total. The van der Waals surface area contributed by atoms with Crippen molar-refractivity contribution >= 4 is 17.3 Å². The molecule has 2 aromatic carbocycles. The van der Waals surface area contributed by atoms with Crippen LogP contribution in [-0.2, 0) is 6.54 Å². The van der Waals surface area contributed by atoms with Crippen molar-refractivity contribution in [3.63, 3.8) is 0 Å². The third-order valence-corrected chi connectivity index (χ3v) is 4.47. The van der Waals surface area contributed by atoms with E-state index in [0.29, 0.717) is 18.3 Å². The van der Waals surface area contributed by atoms with E-state index in [9.17, 15) is 13.6 Å². The van der Waals surface area contributed by atoms with Crippen molar-refractivity contribution in [2.75, 3.05) is 11.9 Å². The molecule has 0 aliphatic heterocycles. The predicted octanol–water partition coefficient (Wildman–Crippen LogP) is 4.11. The molecule has 0 radical (unpaired) electrons. The lowest BCUT2D eigenvalue weighted by Gasteiger charge is -2.21. The molecule has 0 fully saturated rings. The minimum atomic E-state index is -0.892. The highest BCUT2D eigenvalue weighted by Gasteiger charge is 2.16. The summed E-state index contributed by atoms with van der Waals surface area (Å²) in [7, 11) is 1.79. The third kappa shape index (κ3) is 3.46. The Morgan fingerprint density at radius 2 is 1.92 bits per heavy atom. The quantitative estimate of drug-likeness (QED) is 0.688. The van der Waals surface area contributed by atoms with Crippen LogP contribution in [0.4, 0.5) is 14.5 Å². The summed E-state index contributed by atoms with van der Waals surface area (Å²) in [5.41, 5.74) is 1.79. The van der Waals surface area contributed by atoms with Crippen LogP contribution in [0.1, 0.15) is 11.1 Å². The van der Waals surface area contributed by atoms with Gasteiger partial charge in [-0.3, -0.25) is 4.79 Å². The highest BCUT2D eigenvalue weighted by atomic mass is 35.5. The summed E-state index contributed by atoms with van der Waals surface area (Å²) in [5.74, 6) is -1.63. The van der Waals surface area contributed by atoms with Crippen LogP contribution >= 0.6 is 11.6 Å². The van der Waals surface area contributed by atoms with Gasteiger partial charge in [-0.2, -0.15) is 9.78 Å². The molecular weight excluding hydrogens is 360 g/mol. The smallest absolute Gasteiger partial charge is 0.292 e. The molecule has 3 rings (SSSR count). The second-order valence-electron chi connectivity index (χ2n) is 5.94. The van der Waals surface area contributed by atoms with Crippen molar-refractivity contribution in [2.24, 2.45) is 0 Å². The van der Waals surface area contributed by atoms with Gasteiger partial charge in [0.15, 0.2) is 5.82 Å². The van der Waals surface area contributed by atoms with Crippen LogP contribution in [-0.4, -0.2) is 16.8 Å². The van der Waals surface area contributed by atoms with Crippen molar-refractivity contribution in [1.29, 1.82) is 0 Å². The van der Waals surface area contributed by atoms with Crippen molar-refractivity contribution < 1.29 is 8.78 Å². The fourth-order valence-electron chi connectivity index (χ4n) is 2.64. The lowest BCUT2D eigenvalue weighted by Crippen LogP contribution is -2.27. The number of rotatable bonds is 4. The summed E-state index contributed by atoms with van der Waals surface area (Å²) in [5, 5.41) is 3.92. The maximum atomic E-state index is 13.9. The first kappa shape index (κ1) is 18.1. The van der Waals surface area contributed by atoms with Gasteiger partial charge in [-0.05, 0) is 30.2 Å². The van der Waals surface area contributed by atoms with Gasteiger partial charge in [0.2, 0.25) is 0 Å². The zero-order valence-corrected chi connectivity index (χ0v) is 15.0. The first-order valence-electron chi connectivity index (χ1n) is 7.87. The minimum Gasteiger partial charge on any atom is -0.368 e. The van der Waals surface area contributed by atoms with Crippen LogP contribution in [0.2, 0.25) is 5.02 Å². The zero-order valence-electron chi connectivity index (χ0n) is 14.2. The van der Waals surface area contributed by atoms with Gasteiger partial charge in [0, 0.05) is 19.7 Å². The van der Waals surface area contributed by atoms with E-state index in [0.717, 1.165) is 27.9 Å². The number of hydrogen-bond acceptors (Lipinski definition) is 3. The molecule has 134 valence electrons. The van der Waals surface area contributed by atoms with Crippen LogP contribution in [0.3, 0.4) is 0 Å². The molecule has 1 aromatic heterocycles. The van der Waals surface area contributed by atoms with Gasteiger partial charge in [0.25, 0.3) is 5.56 Å². The van der Waals surface area contributed by atoms with Crippen LogP contribution < -0.4 is 10.5 Å². The largest absolute Gasteiger partial charge is 0.368 e. The van der Waals surface area contributed by atoms with E-state index in [-0.39, 0.29) is 10.7 Å². The minimum absolute atomic E-state index is 0.0835. The van der Waals surface area contributed by atoms with Crippen molar-refractivity contribution in [3.05, 3.63) is 86.8 Å². The third-order valence-electron chi connectivity index (χ3n) is 4.12. The summed E-state index contributed by atoms with van der Waals surface area (Å²) < 4.78 is 27.8. The Morgan fingerprint density at radius 3 is 2.62 bits per heavy atom. The maximum absolute atomic E-state index is 13.9. The van der Waals surface area contributed by atoms with Gasteiger partial charge in [-0.15, -0.1) is 0 Å². The number of halogens is 3. The van der Waals surface area contributed by atoms with Gasteiger partial charge in [0.05, 0.1) is 11.9 Å². The van der Waals surface area contributed by atoms with Crippen LogP contribution in [0.5, 0.6) is 0 Å². The number of aryl methyl sites for hydroxylation is 1. The van der Waals surface area contributed by atoms with E-state index in [4.69, 9.17) is 11.6 Å². The summed E-state index contributed by atoms with van der Waals surface area (Å²) in [6.45, 7) is 2.53. The monoisotopic (exact) mass is 375 g/mol. The van der Waals surface area contributed by atoms with E-state index in [1.165, 1.54) is 6.20 Å². The molecule has 0 spiro atoms. The normalized spacial score (nSPS) is 10.8. The Kier molecular flexibility index (Phi) is 5.04. The number of benzene rings is 2. The summed E-state index contributed by atoms with van der Waals surface area (Å²) in [6.07, 6.45) is 1.39. The van der Waals surface area contributed by atoms with E-state index < -0.39 is 17.2 Å². The Bertz CT molecular complexity index is 1020. The summed E-state index contributed by atoms with van der Waals surface area (Å²) in [6, 6.07) is 10.8.